The first-order valence-corrected chi connectivity index (χ1v) is 14.2. The number of hydrogen-bond donors (Lipinski definition) is 4. The predicted molar refractivity (Wildman–Crippen MR) is 152 cm³/mol. The molecule has 4 unspecified atom stereocenters. The number of unbranched alkanes of at least 4 members (excludes halogenated alkanes) is 14. The molecule has 0 fully saturated rings. The smallest absolute Gasteiger partial charge is 0.133 e. The molecule has 4 nitrogen and oxygen atoms in total. The van der Waals surface area contributed by atoms with E-state index in [1.165, 1.54) is 89.2 Å². The molecule has 0 spiro atoms. The van der Waals surface area contributed by atoms with Gasteiger partial charge in [0.25, 0.3) is 0 Å². The molecule has 0 aromatic rings. The molecule has 4 atom stereocenters. The summed E-state index contributed by atoms with van der Waals surface area (Å²) in [5, 5.41) is 38.0. The zero-order valence-corrected chi connectivity index (χ0v) is 22.4. The van der Waals surface area contributed by atoms with Crippen LogP contribution >= 0.6 is 0 Å². The van der Waals surface area contributed by atoms with Gasteiger partial charge in [-0.15, -0.1) is 12.8 Å². The van der Waals surface area contributed by atoms with Crippen molar-refractivity contribution in [3.8, 4) is 24.7 Å². The minimum Gasteiger partial charge on any atom is -0.389 e. The topological polar surface area (TPSA) is 80.9 Å². The average Bonchev–Trinajstić information content (AvgIpc) is 2.88. The maximum absolute atomic E-state index is 9.79. The second-order valence-electron chi connectivity index (χ2n) is 9.70. The van der Waals surface area contributed by atoms with Gasteiger partial charge in [0, 0.05) is 0 Å². The first-order chi connectivity index (χ1) is 17.5. The summed E-state index contributed by atoms with van der Waals surface area (Å²) in [5.41, 5.74) is 0. The van der Waals surface area contributed by atoms with E-state index in [1.54, 1.807) is 12.2 Å². The SMILES string of the molecule is C#CC(O)C=CC(O)CCCCCCCCC=CCCCCCCCCCCC(O)C=CC(O)C#C. The van der Waals surface area contributed by atoms with Gasteiger partial charge >= 0.3 is 0 Å². The molecule has 0 radical (unpaired) electrons. The van der Waals surface area contributed by atoms with E-state index in [0.29, 0.717) is 0 Å². The average molecular weight is 501 g/mol. The highest BCUT2D eigenvalue weighted by Crippen LogP contribution is 2.13. The Morgan fingerprint density at radius 2 is 0.750 bits per heavy atom. The van der Waals surface area contributed by atoms with Crippen LogP contribution in [-0.2, 0) is 0 Å². The van der Waals surface area contributed by atoms with Crippen molar-refractivity contribution in [3.05, 3.63) is 36.5 Å². The first kappa shape index (κ1) is 34.2. The largest absolute Gasteiger partial charge is 0.389 e. The molecule has 4 N–H and O–H groups in total. The van der Waals surface area contributed by atoms with Crippen LogP contribution in [0.1, 0.15) is 116 Å². The molecule has 0 heterocycles. The Labute approximate surface area is 221 Å². The summed E-state index contributed by atoms with van der Waals surface area (Å²) in [4.78, 5) is 0. The predicted octanol–water partition coefficient (Wildman–Crippen LogP) is 6.39. The van der Waals surface area contributed by atoms with Crippen LogP contribution in [0.2, 0.25) is 0 Å². The molecule has 0 saturated heterocycles. The van der Waals surface area contributed by atoms with Gasteiger partial charge < -0.3 is 20.4 Å². The van der Waals surface area contributed by atoms with Gasteiger partial charge in [0.15, 0.2) is 0 Å². The summed E-state index contributed by atoms with van der Waals surface area (Å²) in [6, 6.07) is 0. The van der Waals surface area contributed by atoms with Crippen molar-refractivity contribution in [2.45, 2.75) is 140 Å². The van der Waals surface area contributed by atoms with E-state index in [1.807, 2.05) is 0 Å². The van der Waals surface area contributed by atoms with E-state index < -0.39 is 24.4 Å². The van der Waals surface area contributed by atoms with Crippen LogP contribution in [0.4, 0.5) is 0 Å². The normalized spacial score (nSPS) is 15.3. The maximum atomic E-state index is 9.79. The summed E-state index contributed by atoms with van der Waals surface area (Å²) in [5.74, 6) is 4.39. The lowest BCUT2D eigenvalue weighted by molar-refractivity contribution is 0.204. The number of hydrogen-bond acceptors (Lipinski definition) is 4. The lowest BCUT2D eigenvalue weighted by atomic mass is 10.0. The third-order valence-corrected chi connectivity index (χ3v) is 6.28. The Hall–Kier alpha value is -1.82. The van der Waals surface area contributed by atoms with Crippen molar-refractivity contribution in [3.63, 3.8) is 0 Å². The number of aliphatic hydroxyl groups is 4. The Kier molecular flexibility index (Phi) is 24.9. The third kappa shape index (κ3) is 25.3. The monoisotopic (exact) mass is 500 g/mol. The molecule has 0 aliphatic heterocycles. The summed E-state index contributed by atoms with van der Waals surface area (Å²) in [7, 11) is 0. The number of aliphatic hydroxyl groups excluding tert-OH is 4. The van der Waals surface area contributed by atoms with Gasteiger partial charge in [-0.25, -0.2) is 0 Å². The third-order valence-electron chi connectivity index (χ3n) is 6.28. The van der Waals surface area contributed by atoms with E-state index in [4.69, 9.17) is 12.8 Å². The van der Waals surface area contributed by atoms with Gasteiger partial charge in [0.2, 0.25) is 0 Å². The van der Waals surface area contributed by atoms with E-state index in [2.05, 4.69) is 24.0 Å². The van der Waals surface area contributed by atoms with Crippen LogP contribution in [-0.4, -0.2) is 44.8 Å². The fourth-order valence-electron chi connectivity index (χ4n) is 4.01. The van der Waals surface area contributed by atoms with E-state index in [-0.39, 0.29) is 0 Å². The Bertz CT molecular complexity index is 652. The molecule has 0 saturated carbocycles. The van der Waals surface area contributed by atoms with Gasteiger partial charge in [0.05, 0.1) is 12.2 Å². The van der Waals surface area contributed by atoms with Crippen molar-refractivity contribution >= 4 is 0 Å². The Morgan fingerprint density at radius 1 is 0.444 bits per heavy atom. The van der Waals surface area contributed by atoms with Crippen LogP contribution in [0.15, 0.2) is 36.5 Å². The van der Waals surface area contributed by atoms with Crippen molar-refractivity contribution in [2.75, 3.05) is 0 Å². The van der Waals surface area contributed by atoms with Crippen molar-refractivity contribution < 1.29 is 20.4 Å². The summed E-state index contributed by atoms with van der Waals surface area (Å²) < 4.78 is 0. The van der Waals surface area contributed by atoms with Gasteiger partial charge in [0.1, 0.15) is 12.2 Å². The van der Waals surface area contributed by atoms with Crippen molar-refractivity contribution in [2.24, 2.45) is 0 Å². The van der Waals surface area contributed by atoms with Crippen LogP contribution in [0.25, 0.3) is 0 Å². The highest BCUT2D eigenvalue weighted by molar-refractivity contribution is 5.08. The molecule has 0 aliphatic rings. The Morgan fingerprint density at radius 3 is 1.08 bits per heavy atom. The summed E-state index contributed by atoms with van der Waals surface area (Å²) in [6.07, 6.45) is 38.9. The van der Waals surface area contributed by atoms with Crippen LogP contribution < -0.4 is 0 Å². The first-order valence-electron chi connectivity index (χ1n) is 14.2. The number of allylic oxidation sites excluding steroid dienone is 2. The van der Waals surface area contributed by atoms with Crippen LogP contribution in [0.5, 0.6) is 0 Å². The van der Waals surface area contributed by atoms with Crippen molar-refractivity contribution in [1.29, 1.82) is 0 Å². The van der Waals surface area contributed by atoms with E-state index in [0.717, 1.165) is 38.5 Å². The zero-order valence-electron chi connectivity index (χ0n) is 22.4. The minimum absolute atomic E-state index is 0.511. The lowest BCUT2D eigenvalue weighted by Crippen LogP contribution is -2.04. The molecule has 0 aromatic carbocycles. The van der Waals surface area contributed by atoms with Gasteiger partial charge in [-0.05, 0) is 50.7 Å². The molecule has 204 valence electrons. The lowest BCUT2D eigenvalue weighted by Gasteiger charge is -2.06. The second kappa shape index (κ2) is 26.2. The highest BCUT2D eigenvalue weighted by atomic mass is 16.3. The van der Waals surface area contributed by atoms with Gasteiger partial charge in [-0.2, -0.15) is 0 Å². The maximum Gasteiger partial charge on any atom is 0.133 e. The van der Waals surface area contributed by atoms with Crippen LogP contribution in [0.3, 0.4) is 0 Å². The molecule has 36 heavy (non-hydrogen) atoms. The molecular formula is C32H52O4. The van der Waals surface area contributed by atoms with E-state index >= 15 is 0 Å². The summed E-state index contributed by atoms with van der Waals surface area (Å²) in [6.45, 7) is 0. The van der Waals surface area contributed by atoms with Gasteiger partial charge in [-0.1, -0.05) is 113 Å². The Balaban J connectivity index is 3.33. The molecule has 4 heteroatoms. The fraction of sp³-hybridized carbons (Fsp3) is 0.688. The molecule has 0 aliphatic carbocycles. The minimum atomic E-state index is -0.903. The molecule has 0 aromatic heterocycles. The fourth-order valence-corrected chi connectivity index (χ4v) is 4.01. The number of terminal acetylenes is 2. The molecule has 0 amide bonds. The highest BCUT2D eigenvalue weighted by Gasteiger charge is 2.01. The van der Waals surface area contributed by atoms with Crippen molar-refractivity contribution in [1.82, 2.24) is 0 Å². The number of rotatable bonds is 24. The van der Waals surface area contributed by atoms with E-state index in [9.17, 15) is 20.4 Å². The quantitative estimate of drug-likeness (QED) is 0.0703. The molecular weight excluding hydrogens is 448 g/mol. The standard InChI is InChI=1S/C32H52O4/c1-3-29(33)25-27-31(35)23-21-19-17-15-13-11-9-7-5-6-8-10-12-14-16-18-20-22-24-32(36)28-26-30(34)4-2/h1-2,5,7,25-36H,6,8-24H2. The molecule has 0 rings (SSSR count). The summed E-state index contributed by atoms with van der Waals surface area (Å²) >= 11 is 0. The van der Waals surface area contributed by atoms with Gasteiger partial charge in [-0.3, -0.25) is 0 Å². The molecule has 0 bridgehead atoms. The van der Waals surface area contributed by atoms with Crippen LogP contribution in [0, 0.1) is 24.7 Å². The second-order valence-corrected chi connectivity index (χ2v) is 9.70. The zero-order chi connectivity index (χ0) is 26.7.